The third-order valence-electron chi connectivity index (χ3n) is 3.69. The van der Waals surface area contributed by atoms with Crippen LogP contribution in [0.1, 0.15) is 21.7 Å². The Hall–Kier alpha value is -3.05. The fourth-order valence-corrected chi connectivity index (χ4v) is 2.54. The van der Waals surface area contributed by atoms with Gasteiger partial charge in [0.1, 0.15) is 5.76 Å². The molecule has 0 aliphatic carbocycles. The number of rotatable bonds is 6. The topological polar surface area (TPSA) is 71.3 Å². The number of carbonyl (C=O) groups is 2. The highest BCUT2D eigenvalue weighted by molar-refractivity contribution is 6.30. The number of benzene rings is 2. The molecule has 0 bridgehead atoms. The second kappa shape index (κ2) is 8.36. The van der Waals surface area contributed by atoms with E-state index < -0.39 is 0 Å². The monoisotopic (exact) mass is 368 g/mol. The number of carbonyl (C=O) groups excluding carboxylic acids is 2. The molecule has 6 heteroatoms. The third kappa shape index (κ3) is 4.97. The van der Waals surface area contributed by atoms with Crippen molar-refractivity contribution < 1.29 is 14.0 Å². The summed E-state index contributed by atoms with van der Waals surface area (Å²) in [5.41, 5.74) is 1.88. The molecular weight excluding hydrogens is 352 g/mol. The first kappa shape index (κ1) is 17.8. The molecule has 0 fully saturated rings. The van der Waals surface area contributed by atoms with E-state index in [9.17, 15) is 9.59 Å². The van der Waals surface area contributed by atoms with Crippen LogP contribution in [0, 0.1) is 0 Å². The molecule has 2 amide bonds. The van der Waals surface area contributed by atoms with Gasteiger partial charge in [0.05, 0.1) is 19.2 Å². The number of hydrogen-bond donors (Lipinski definition) is 2. The van der Waals surface area contributed by atoms with E-state index in [2.05, 4.69) is 10.6 Å². The summed E-state index contributed by atoms with van der Waals surface area (Å²) in [6.45, 7) is 0.305. The molecule has 0 spiro atoms. The van der Waals surface area contributed by atoms with Gasteiger partial charge in [-0.25, -0.2) is 0 Å². The Morgan fingerprint density at radius 1 is 1.00 bits per heavy atom. The summed E-state index contributed by atoms with van der Waals surface area (Å²) in [6, 6.07) is 17.4. The van der Waals surface area contributed by atoms with Gasteiger partial charge in [-0.15, -0.1) is 0 Å². The van der Waals surface area contributed by atoms with E-state index in [-0.39, 0.29) is 18.2 Å². The minimum absolute atomic E-state index is 0.166. The van der Waals surface area contributed by atoms with Crippen LogP contribution < -0.4 is 10.6 Å². The zero-order valence-corrected chi connectivity index (χ0v) is 14.6. The quantitative estimate of drug-likeness (QED) is 0.689. The molecule has 0 aliphatic rings. The molecule has 2 N–H and O–H groups in total. The van der Waals surface area contributed by atoms with E-state index in [1.165, 1.54) is 0 Å². The van der Waals surface area contributed by atoms with Gasteiger partial charge in [0.15, 0.2) is 0 Å². The SMILES string of the molecule is O=C(Cc1ccc(Cl)cc1)Nc1cccc(C(=O)NCc2ccco2)c1. The smallest absolute Gasteiger partial charge is 0.251 e. The van der Waals surface area contributed by atoms with Crippen LogP contribution in [0.5, 0.6) is 0 Å². The van der Waals surface area contributed by atoms with E-state index in [4.69, 9.17) is 16.0 Å². The van der Waals surface area contributed by atoms with Gasteiger partial charge in [0.2, 0.25) is 5.91 Å². The molecule has 0 saturated carbocycles. The van der Waals surface area contributed by atoms with Crippen molar-refractivity contribution in [2.24, 2.45) is 0 Å². The normalized spacial score (nSPS) is 10.3. The molecule has 2 aromatic carbocycles. The van der Waals surface area contributed by atoms with Crippen molar-refractivity contribution in [3.63, 3.8) is 0 Å². The lowest BCUT2D eigenvalue weighted by atomic mass is 10.1. The van der Waals surface area contributed by atoms with Crippen LogP contribution in [0.3, 0.4) is 0 Å². The summed E-state index contributed by atoms with van der Waals surface area (Å²) in [5.74, 6) is 0.265. The predicted molar refractivity (Wildman–Crippen MR) is 100 cm³/mol. The van der Waals surface area contributed by atoms with E-state index in [1.54, 1.807) is 66.9 Å². The lowest BCUT2D eigenvalue weighted by molar-refractivity contribution is -0.115. The molecule has 1 aromatic heterocycles. The number of furan rings is 1. The Morgan fingerprint density at radius 3 is 2.54 bits per heavy atom. The van der Waals surface area contributed by atoms with Gasteiger partial charge in [-0.05, 0) is 48.0 Å². The van der Waals surface area contributed by atoms with Gasteiger partial charge in [-0.2, -0.15) is 0 Å². The maximum atomic E-state index is 12.2. The summed E-state index contributed by atoms with van der Waals surface area (Å²) in [4.78, 5) is 24.4. The highest BCUT2D eigenvalue weighted by atomic mass is 35.5. The summed E-state index contributed by atoms with van der Waals surface area (Å²) in [7, 11) is 0. The number of anilines is 1. The summed E-state index contributed by atoms with van der Waals surface area (Å²) >= 11 is 5.84. The minimum Gasteiger partial charge on any atom is -0.467 e. The van der Waals surface area contributed by atoms with Gasteiger partial charge in [-0.1, -0.05) is 29.8 Å². The second-order valence-corrected chi connectivity index (χ2v) is 6.13. The molecule has 0 unspecified atom stereocenters. The Balaban J connectivity index is 1.58. The van der Waals surface area contributed by atoms with Gasteiger partial charge < -0.3 is 15.1 Å². The second-order valence-electron chi connectivity index (χ2n) is 5.69. The first-order valence-corrected chi connectivity index (χ1v) is 8.43. The van der Waals surface area contributed by atoms with Crippen molar-refractivity contribution in [1.82, 2.24) is 5.32 Å². The molecule has 0 atom stereocenters. The molecule has 26 heavy (non-hydrogen) atoms. The zero-order valence-electron chi connectivity index (χ0n) is 13.9. The van der Waals surface area contributed by atoms with Crippen molar-refractivity contribution in [3.8, 4) is 0 Å². The predicted octanol–water partition coefficient (Wildman–Crippen LogP) is 4.04. The Labute approximate surface area is 156 Å². The zero-order chi connectivity index (χ0) is 18.4. The van der Waals surface area contributed by atoms with E-state index in [0.29, 0.717) is 28.6 Å². The fourth-order valence-electron chi connectivity index (χ4n) is 2.41. The summed E-state index contributed by atoms with van der Waals surface area (Å²) < 4.78 is 5.18. The number of amides is 2. The average Bonchev–Trinajstić information content (AvgIpc) is 3.15. The van der Waals surface area contributed by atoms with Crippen molar-refractivity contribution in [2.75, 3.05) is 5.32 Å². The van der Waals surface area contributed by atoms with E-state index >= 15 is 0 Å². The lowest BCUT2D eigenvalue weighted by Crippen LogP contribution is -2.23. The van der Waals surface area contributed by atoms with Crippen LogP contribution in [0.4, 0.5) is 5.69 Å². The van der Waals surface area contributed by atoms with Crippen molar-refractivity contribution >= 4 is 29.1 Å². The third-order valence-corrected chi connectivity index (χ3v) is 3.94. The molecule has 3 rings (SSSR count). The molecular formula is C20H17ClN2O3. The number of hydrogen-bond acceptors (Lipinski definition) is 3. The molecule has 3 aromatic rings. The molecule has 0 aliphatic heterocycles. The Morgan fingerprint density at radius 2 is 1.81 bits per heavy atom. The highest BCUT2D eigenvalue weighted by Crippen LogP contribution is 2.13. The summed E-state index contributed by atoms with van der Waals surface area (Å²) in [6.07, 6.45) is 1.78. The van der Waals surface area contributed by atoms with Crippen molar-refractivity contribution in [3.05, 3.63) is 88.8 Å². The number of nitrogens with one attached hydrogen (secondary N) is 2. The standard InChI is InChI=1S/C20H17ClN2O3/c21-16-8-6-14(7-9-16)11-19(24)23-17-4-1-3-15(12-17)20(25)22-13-18-5-2-10-26-18/h1-10,12H,11,13H2,(H,22,25)(H,23,24). The fraction of sp³-hybridized carbons (Fsp3) is 0.100. The minimum atomic E-state index is -0.241. The molecule has 132 valence electrons. The molecule has 0 saturated heterocycles. The highest BCUT2D eigenvalue weighted by Gasteiger charge is 2.09. The first-order chi connectivity index (χ1) is 12.6. The van der Waals surface area contributed by atoms with Crippen molar-refractivity contribution in [1.29, 1.82) is 0 Å². The number of halogens is 1. The largest absolute Gasteiger partial charge is 0.467 e. The van der Waals surface area contributed by atoms with Crippen LogP contribution in [-0.4, -0.2) is 11.8 Å². The van der Waals surface area contributed by atoms with E-state index in [1.807, 2.05) is 0 Å². The van der Waals surface area contributed by atoms with Gasteiger partial charge in [-0.3, -0.25) is 9.59 Å². The van der Waals surface area contributed by atoms with Crippen LogP contribution >= 0.6 is 11.6 Å². The van der Waals surface area contributed by atoms with Crippen LogP contribution in [0.25, 0.3) is 0 Å². The van der Waals surface area contributed by atoms with Crippen LogP contribution in [0.15, 0.2) is 71.3 Å². The molecule has 5 nitrogen and oxygen atoms in total. The van der Waals surface area contributed by atoms with Gasteiger partial charge in [0.25, 0.3) is 5.91 Å². The van der Waals surface area contributed by atoms with Crippen molar-refractivity contribution in [2.45, 2.75) is 13.0 Å². The average molecular weight is 369 g/mol. The lowest BCUT2D eigenvalue weighted by Gasteiger charge is -2.08. The maximum Gasteiger partial charge on any atom is 0.251 e. The van der Waals surface area contributed by atoms with E-state index in [0.717, 1.165) is 5.56 Å². The first-order valence-electron chi connectivity index (χ1n) is 8.05. The van der Waals surface area contributed by atoms with Gasteiger partial charge >= 0.3 is 0 Å². The van der Waals surface area contributed by atoms with Crippen LogP contribution in [-0.2, 0) is 17.8 Å². The maximum absolute atomic E-state index is 12.2. The molecule has 0 radical (unpaired) electrons. The molecule has 1 heterocycles. The summed E-state index contributed by atoms with van der Waals surface area (Å²) in [5, 5.41) is 6.20. The van der Waals surface area contributed by atoms with Gasteiger partial charge in [0, 0.05) is 16.3 Å². The Bertz CT molecular complexity index is 890. The Kier molecular flexibility index (Phi) is 5.71. The van der Waals surface area contributed by atoms with Crippen LogP contribution in [0.2, 0.25) is 5.02 Å².